The number of carbonyl (C=O) groups excluding carboxylic acids is 3. The molecule has 10 nitrogen and oxygen atoms in total. The Kier molecular flexibility index (Phi) is 4.96. The Balaban J connectivity index is 1.52. The van der Waals surface area contributed by atoms with Crippen LogP contribution in [-0.4, -0.2) is 79.5 Å². The molecule has 5 aliphatic rings. The van der Waals surface area contributed by atoms with Crippen molar-refractivity contribution in [2.75, 3.05) is 14.1 Å². The number of allylic oxidation sites excluding steroid dienone is 1. The first-order valence-electron chi connectivity index (χ1n) is 12.3. The summed E-state index contributed by atoms with van der Waals surface area (Å²) >= 11 is 0. The summed E-state index contributed by atoms with van der Waals surface area (Å²) in [6.45, 7) is 0.645. The molecule has 1 saturated carbocycles. The molecule has 0 bridgehead atoms. The van der Waals surface area contributed by atoms with Crippen LogP contribution < -0.4 is 5.73 Å². The molecule has 1 aromatic carbocycles. The van der Waals surface area contributed by atoms with Crippen molar-refractivity contribution >= 4 is 17.5 Å². The molecule has 6 N–H and O–H groups in total. The van der Waals surface area contributed by atoms with Gasteiger partial charge in [-0.25, -0.2) is 4.39 Å². The van der Waals surface area contributed by atoms with Crippen molar-refractivity contribution in [3.8, 4) is 5.75 Å². The number of nitrogens with zero attached hydrogens (tertiary/aromatic N) is 2. The largest absolute Gasteiger partial charge is 0.510 e. The molecule has 0 aromatic heterocycles. The summed E-state index contributed by atoms with van der Waals surface area (Å²) in [6.07, 6.45) is 1.86. The smallest absolute Gasteiger partial charge is 0.255 e. The fourth-order valence-electron chi connectivity index (χ4n) is 6.94. The van der Waals surface area contributed by atoms with E-state index in [1.807, 2.05) is 0 Å². The number of nitrogens with two attached hydrogens (primary N) is 1. The molecule has 11 heteroatoms. The zero-order valence-corrected chi connectivity index (χ0v) is 20.4. The van der Waals surface area contributed by atoms with Gasteiger partial charge in [-0.3, -0.25) is 24.2 Å². The first-order chi connectivity index (χ1) is 17.4. The second-order valence-electron chi connectivity index (χ2n) is 11.1. The molecule has 1 amide bonds. The molecule has 0 saturated heterocycles. The predicted octanol–water partition coefficient (Wildman–Crippen LogP) is 0.738. The number of hydrogen-bond acceptors (Lipinski definition) is 9. The quantitative estimate of drug-likeness (QED) is 0.367. The molecular formula is C26H28FN3O7. The van der Waals surface area contributed by atoms with Crippen LogP contribution in [0.1, 0.15) is 46.3 Å². The first kappa shape index (κ1) is 24.1. The van der Waals surface area contributed by atoms with Gasteiger partial charge in [0.1, 0.15) is 28.7 Å². The highest BCUT2D eigenvalue weighted by molar-refractivity contribution is 6.24. The number of phenolic OH excluding ortho intramolecular Hbond substituents is 1. The monoisotopic (exact) mass is 513 g/mol. The summed E-state index contributed by atoms with van der Waals surface area (Å²) in [5, 5.41) is 44.8. The third-order valence-electron chi connectivity index (χ3n) is 8.82. The Morgan fingerprint density at radius 2 is 1.76 bits per heavy atom. The fourth-order valence-corrected chi connectivity index (χ4v) is 6.94. The lowest BCUT2D eigenvalue weighted by atomic mass is 9.58. The number of likely N-dealkylation sites (N-methyl/N-ethyl adjacent to an activating group) is 1. The molecule has 4 aliphatic carbocycles. The van der Waals surface area contributed by atoms with Crippen LogP contribution in [0.3, 0.4) is 0 Å². The van der Waals surface area contributed by atoms with Crippen LogP contribution in [0, 0.1) is 17.7 Å². The van der Waals surface area contributed by atoms with E-state index in [2.05, 4.69) is 4.90 Å². The van der Waals surface area contributed by atoms with Crippen molar-refractivity contribution in [2.45, 2.75) is 56.5 Å². The van der Waals surface area contributed by atoms with Crippen LogP contribution in [-0.2, 0) is 29.1 Å². The number of fused-ring (bicyclic) bond motifs is 4. The molecule has 0 spiro atoms. The van der Waals surface area contributed by atoms with E-state index in [-0.39, 0.29) is 35.3 Å². The van der Waals surface area contributed by atoms with Gasteiger partial charge in [-0.1, -0.05) is 0 Å². The zero-order valence-electron chi connectivity index (χ0n) is 20.4. The van der Waals surface area contributed by atoms with E-state index in [4.69, 9.17) is 5.73 Å². The topological polar surface area (TPSA) is 165 Å². The Morgan fingerprint density at radius 3 is 2.35 bits per heavy atom. The second kappa shape index (κ2) is 7.62. The molecule has 196 valence electrons. The SMILES string of the molecule is CN(C)[C@@H]1C(O)=C(C(N)=O)C(=O)[C@@]2(O)C(O)=C3C(=O)c4c(O)c5c(c(F)c4C[C@H]3C[C@@H]12)CN(C1CC1)C5. The molecule has 4 atom stereocenters. The van der Waals surface area contributed by atoms with Gasteiger partial charge in [-0.2, -0.15) is 0 Å². The number of phenols is 1. The third kappa shape index (κ3) is 2.98. The van der Waals surface area contributed by atoms with Gasteiger partial charge in [-0.05, 0) is 45.7 Å². The minimum Gasteiger partial charge on any atom is -0.510 e. The van der Waals surface area contributed by atoms with Gasteiger partial charge in [0.15, 0.2) is 11.4 Å². The zero-order chi connectivity index (χ0) is 26.7. The number of carbonyl (C=O) groups is 3. The molecule has 0 radical (unpaired) electrons. The second-order valence-corrected chi connectivity index (χ2v) is 11.1. The van der Waals surface area contributed by atoms with Crippen LogP contribution in [0.4, 0.5) is 4.39 Å². The van der Waals surface area contributed by atoms with Gasteiger partial charge in [0.2, 0.25) is 5.78 Å². The van der Waals surface area contributed by atoms with Gasteiger partial charge >= 0.3 is 0 Å². The standard InChI is InChI=1S/C26H28FN3O7/c1-29(2)19-14-6-9-5-11-16(20(31)13-8-30(10-3-4-10)7-12(13)18(11)27)21(32)15(9)23(34)26(14,37)24(35)17(22(19)33)25(28)36/h9-10,14,19,31,33-34,37H,3-8H2,1-2H3,(H2,28,36)/t9-,14-,19-,26-/m0/s1. The number of aromatic hydroxyl groups is 1. The van der Waals surface area contributed by atoms with Crippen LogP contribution in [0.15, 0.2) is 22.7 Å². The summed E-state index contributed by atoms with van der Waals surface area (Å²) < 4.78 is 15.8. The number of amides is 1. The van der Waals surface area contributed by atoms with Crippen molar-refractivity contribution < 1.29 is 39.2 Å². The lowest BCUT2D eigenvalue weighted by Gasteiger charge is -2.50. The Bertz CT molecular complexity index is 1380. The van der Waals surface area contributed by atoms with Gasteiger partial charge in [0.05, 0.1) is 11.6 Å². The van der Waals surface area contributed by atoms with Crippen LogP contribution >= 0.6 is 0 Å². The van der Waals surface area contributed by atoms with Crippen molar-refractivity contribution in [2.24, 2.45) is 17.6 Å². The summed E-state index contributed by atoms with van der Waals surface area (Å²) in [7, 11) is 3.11. The highest BCUT2D eigenvalue weighted by atomic mass is 19.1. The number of rotatable bonds is 3. The number of benzene rings is 1. The molecule has 1 fully saturated rings. The lowest BCUT2D eigenvalue weighted by molar-refractivity contribution is -0.148. The van der Waals surface area contributed by atoms with Crippen molar-refractivity contribution in [1.82, 2.24) is 9.80 Å². The Morgan fingerprint density at radius 1 is 1.11 bits per heavy atom. The number of hydrogen-bond donors (Lipinski definition) is 5. The van der Waals surface area contributed by atoms with Gasteiger partial charge in [0.25, 0.3) is 5.91 Å². The normalized spacial score (nSPS) is 31.4. The number of aliphatic hydroxyl groups is 3. The Hall–Kier alpha value is -3.28. The maximum atomic E-state index is 15.8. The van der Waals surface area contributed by atoms with Crippen molar-refractivity contribution in [3.05, 3.63) is 50.7 Å². The number of halogens is 1. The van der Waals surface area contributed by atoms with Crippen LogP contribution in [0.2, 0.25) is 0 Å². The number of Topliss-reactive ketones (excluding diaryl/α,β-unsaturated/α-hetero) is 2. The van der Waals surface area contributed by atoms with E-state index in [1.54, 1.807) is 14.1 Å². The summed E-state index contributed by atoms with van der Waals surface area (Å²) in [5.74, 6) is -7.87. The molecule has 1 aliphatic heterocycles. The van der Waals surface area contributed by atoms with E-state index in [9.17, 15) is 34.8 Å². The van der Waals surface area contributed by atoms with E-state index in [1.165, 1.54) is 4.90 Å². The average Bonchev–Trinajstić information content (AvgIpc) is 3.57. The van der Waals surface area contributed by atoms with Crippen molar-refractivity contribution in [1.29, 1.82) is 0 Å². The maximum absolute atomic E-state index is 15.8. The molecule has 1 aromatic rings. The first-order valence-corrected chi connectivity index (χ1v) is 12.3. The summed E-state index contributed by atoms with van der Waals surface area (Å²) in [5.41, 5.74) is 1.96. The average molecular weight is 514 g/mol. The summed E-state index contributed by atoms with van der Waals surface area (Å²) in [6, 6.07) is -0.769. The maximum Gasteiger partial charge on any atom is 0.255 e. The Labute approximate surface area is 211 Å². The van der Waals surface area contributed by atoms with Crippen LogP contribution in [0.5, 0.6) is 5.75 Å². The molecular weight excluding hydrogens is 485 g/mol. The van der Waals surface area contributed by atoms with Gasteiger partial charge < -0.3 is 26.2 Å². The minimum absolute atomic E-state index is 0.0482. The van der Waals surface area contributed by atoms with E-state index >= 15 is 4.39 Å². The molecule has 0 unspecified atom stereocenters. The number of ketones is 2. The minimum atomic E-state index is -2.71. The predicted molar refractivity (Wildman–Crippen MR) is 126 cm³/mol. The van der Waals surface area contributed by atoms with Gasteiger partial charge in [-0.15, -0.1) is 0 Å². The van der Waals surface area contributed by atoms with Gasteiger partial charge in [0, 0.05) is 47.3 Å². The third-order valence-corrected chi connectivity index (χ3v) is 8.82. The highest BCUT2D eigenvalue weighted by Gasteiger charge is 2.63. The molecule has 37 heavy (non-hydrogen) atoms. The van der Waals surface area contributed by atoms with Crippen LogP contribution in [0.25, 0.3) is 0 Å². The van der Waals surface area contributed by atoms with E-state index in [0.29, 0.717) is 30.3 Å². The fraction of sp³-hybridized carbons (Fsp3) is 0.500. The van der Waals surface area contributed by atoms with Crippen molar-refractivity contribution in [3.63, 3.8) is 0 Å². The highest BCUT2D eigenvalue weighted by Crippen LogP contribution is 2.53. The lowest BCUT2D eigenvalue weighted by Crippen LogP contribution is -2.63. The number of aliphatic hydroxyl groups excluding tert-OH is 2. The summed E-state index contributed by atoms with van der Waals surface area (Å²) in [4.78, 5) is 42.6. The molecule has 1 heterocycles. The molecule has 6 rings (SSSR count). The van der Waals surface area contributed by atoms with E-state index < -0.39 is 63.9 Å². The number of primary amides is 1. The van der Waals surface area contributed by atoms with E-state index in [0.717, 1.165) is 12.8 Å².